The fourth-order valence-corrected chi connectivity index (χ4v) is 3.12. The second kappa shape index (κ2) is 5.68. The fourth-order valence-electron chi connectivity index (χ4n) is 3.12. The van der Waals surface area contributed by atoms with Crippen LogP contribution in [0.1, 0.15) is 45.3 Å². The van der Waals surface area contributed by atoms with E-state index in [4.69, 9.17) is 4.42 Å². The van der Waals surface area contributed by atoms with Gasteiger partial charge >= 0.3 is 0 Å². The minimum Gasteiger partial charge on any atom is -0.468 e. The molecule has 0 spiro atoms. The van der Waals surface area contributed by atoms with Crippen LogP contribution >= 0.6 is 0 Å². The third kappa shape index (κ3) is 3.21. The third-order valence-electron chi connectivity index (χ3n) is 4.53. The summed E-state index contributed by atoms with van der Waals surface area (Å²) in [5.74, 6) is 1.95. The summed E-state index contributed by atoms with van der Waals surface area (Å²) in [6, 6.07) is 6.29. The van der Waals surface area contributed by atoms with E-state index in [0.717, 1.165) is 30.3 Å². The van der Waals surface area contributed by atoms with E-state index in [0.29, 0.717) is 6.04 Å². The largest absolute Gasteiger partial charge is 0.468 e. The average Bonchev–Trinajstić information content (AvgIpc) is 3.05. The monoisotopic (exact) mass is 262 g/mol. The highest BCUT2D eigenvalue weighted by atomic mass is 16.3. The van der Waals surface area contributed by atoms with Gasteiger partial charge in [0.15, 0.2) is 0 Å². The van der Waals surface area contributed by atoms with Crippen molar-refractivity contribution < 1.29 is 4.42 Å². The molecule has 2 aliphatic rings. The summed E-state index contributed by atoms with van der Waals surface area (Å²) in [6.45, 7) is 6.63. The van der Waals surface area contributed by atoms with Gasteiger partial charge in [-0.3, -0.25) is 4.90 Å². The first kappa shape index (κ1) is 13.2. The van der Waals surface area contributed by atoms with Crippen molar-refractivity contribution in [3.63, 3.8) is 0 Å². The van der Waals surface area contributed by atoms with Crippen LogP contribution < -0.4 is 5.32 Å². The second-order valence-corrected chi connectivity index (χ2v) is 6.45. The number of nitrogens with one attached hydrogen (secondary N) is 1. The van der Waals surface area contributed by atoms with Gasteiger partial charge in [0.2, 0.25) is 0 Å². The average molecular weight is 262 g/mol. The maximum atomic E-state index is 5.54. The van der Waals surface area contributed by atoms with Crippen LogP contribution in [-0.4, -0.2) is 29.6 Å². The summed E-state index contributed by atoms with van der Waals surface area (Å²) in [6.07, 6.45) is 7.29. The van der Waals surface area contributed by atoms with Gasteiger partial charge in [0.05, 0.1) is 12.8 Å². The Kier molecular flexibility index (Phi) is 3.94. The van der Waals surface area contributed by atoms with E-state index < -0.39 is 0 Å². The van der Waals surface area contributed by atoms with Crippen molar-refractivity contribution in [2.45, 2.75) is 64.2 Å². The van der Waals surface area contributed by atoms with Crippen LogP contribution in [0.2, 0.25) is 0 Å². The molecular formula is C16H26N2O. The Morgan fingerprint density at radius 3 is 2.68 bits per heavy atom. The van der Waals surface area contributed by atoms with E-state index in [-0.39, 0.29) is 0 Å². The van der Waals surface area contributed by atoms with Crippen LogP contribution in [0.25, 0.3) is 0 Å². The number of hydrogen-bond acceptors (Lipinski definition) is 3. The van der Waals surface area contributed by atoms with E-state index in [1.807, 2.05) is 6.07 Å². The SMILES string of the molecule is CC(C)NCC1CCC1N(Cc1ccco1)C1CC1. The molecule has 0 aliphatic heterocycles. The van der Waals surface area contributed by atoms with Crippen LogP contribution in [-0.2, 0) is 6.54 Å². The molecule has 2 saturated carbocycles. The van der Waals surface area contributed by atoms with Gasteiger partial charge in [0, 0.05) is 18.1 Å². The predicted octanol–water partition coefficient (Wildman–Crippen LogP) is 3.02. The van der Waals surface area contributed by atoms with Crippen LogP contribution in [0.4, 0.5) is 0 Å². The van der Waals surface area contributed by atoms with Crippen molar-refractivity contribution in [3.8, 4) is 0 Å². The topological polar surface area (TPSA) is 28.4 Å². The molecule has 3 nitrogen and oxygen atoms in total. The van der Waals surface area contributed by atoms with E-state index in [9.17, 15) is 0 Å². The Labute approximate surface area is 116 Å². The highest BCUT2D eigenvalue weighted by Crippen LogP contribution is 2.39. The minimum absolute atomic E-state index is 0.598. The Balaban J connectivity index is 1.57. The standard InChI is InChI=1S/C16H26N2O/c1-12(2)17-10-13-5-8-16(13)18(14-6-7-14)11-15-4-3-9-19-15/h3-4,9,12-14,16-17H,5-8,10-11H2,1-2H3. The number of furan rings is 1. The molecule has 0 saturated heterocycles. The van der Waals surface area contributed by atoms with Gasteiger partial charge in [-0.25, -0.2) is 0 Å². The van der Waals surface area contributed by atoms with Crippen molar-refractivity contribution in [1.82, 2.24) is 10.2 Å². The Bertz CT molecular complexity index is 383. The maximum Gasteiger partial charge on any atom is 0.117 e. The van der Waals surface area contributed by atoms with Gasteiger partial charge in [-0.2, -0.15) is 0 Å². The smallest absolute Gasteiger partial charge is 0.117 e. The number of nitrogens with zero attached hydrogens (tertiary/aromatic N) is 1. The van der Waals surface area contributed by atoms with Gasteiger partial charge in [0.25, 0.3) is 0 Å². The Morgan fingerprint density at radius 2 is 2.16 bits per heavy atom. The van der Waals surface area contributed by atoms with Crippen molar-refractivity contribution in [1.29, 1.82) is 0 Å². The van der Waals surface area contributed by atoms with E-state index in [1.165, 1.54) is 32.2 Å². The molecule has 0 amide bonds. The van der Waals surface area contributed by atoms with Crippen LogP contribution in [0.15, 0.2) is 22.8 Å². The molecule has 0 radical (unpaired) electrons. The lowest BCUT2D eigenvalue weighted by molar-refractivity contribution is 0.0424. The molecule has 0 bridgehead atoms. The molecule has 3 heteroatoms. The summed E-state index contributed by atoms with van der Waals surface area (Å²) >= 11 is 0. The molecule has 106 valence electrons. The van der Waals surface area contributed by atoms with Crippen LogP contribution in [0.5, 0.6) is 0 Å². The number of hydrogen-bond donors (Lipinski definition) is 1. The van der Waals surface area contributed by atoms with Gasteiger partial charge in [-0.15, -0.1) is 0 Å². The van der Waals surface area contributed by atoms with E-state index in [1.54, 1.807) is 6.26 Å². The summed E-state index contributed by atoms with van der Waals surface area (Å²) in [5, 5.41) is 3.60. The molecule has 19 heavy (non-hydrogen) atoms. The van der Waals surface area contributed by atoms with Crippen molar-refractivity contribution in [2.24, 2.45) is 5.92 Å². The Hall–Kier alpha value is -0.800. The molecule has 0 aromatic carbocycles. The molecule has 2 aliphatic carbocycles. The first-order valence-electron chi connectivity index (χ1n) is 7.75. The van der Waals surface area contributed by atoms with E-state index in [2.05, 4.69) is 30.1 Å². The first-order valence-corrected chi connectivity index (χ1v) is 7.75. The molecule has 3 rings (SSSR count). The minimum atomic E-state index is 0.598. The Morgan fingerprint density at radius 1 is 1.32 bits per heavy atom. The van der Waals surface area contributed by atoms with E-state index >= 15 is 0 Å². The zero-order valence-electron chi connectivity index (χ0n) is 12.1. The molecular weight excluding hydrogens is 236 g/mol. The summed E-state index contributed by atoms with van der Waals surface area (Å²) < 4.78 is 5.54. The van der Waals surface area contributed by atoms with Crippen molar-refractivity contribution >= 4 is 0 Å². The highest BCUT2D eigenvalue weighted by Gasteiger charge is 2.42. The highest BCUT2D eigenvalue weighted by molar-refractivity contribution is 5.03. The van der Waals surface area contributed by atoms with Crippen LogP contribution in [0, 0.1) is 5.92 Å². The second-order valence-electron chi connectivity index (χ2n) is 6.45. The van der Waals surface area contributed by atoms with Crippen LogP contribution in [0.3, 0.4) is 0 Å². The normalized spacial score (nSPS) is 26.9. The molecule has 1 heterocycles. The summed E-state index contributed by atoms with van der Waals surface area (Å²) in [5.41, 5.74) is 0. The molecule has 1 aromatic heterocycles. The van der Waals surface area contributed by atoms with Gasteiger partial charge in [0.1, 0.15) is 5.76 Å². The quantitative estimate of drug-likeness (QED) is 0.819. The van der Waals surface area contributed by atoms with Gasteiger partial charge < -0.3 is 9.73 Å². The molecule has 2 fully saturated rings. The fraction of sp³-hybridized carbons (Fsp3) is 0.750. The lowest BCUT2D eigenvalue weighted by atomic mass is 9.78. The predicted molar refractivity (Wildman–Crippen MR) is 76.9 cm³/mol. The van der Waals surface area contributed by atoms with Crippen molar-refractivity contribution in [2.75, 3.05) is 6.54 Å². The third-order valence-corrected chi connectivity index (χ3v) is 4.53. The first-order chi connectivity index (χ1) is 9.24. The number of rotatable bonds is 7. The lowest BCUT2D eigenvalue weighted by Gasteiger charge is -2.45. The lowest BCUT2D eigenvalue weighted by Crippen LogP contribution is -2.51. The maximum absolute atomic E-state index is 5.54. The zero-order chi connectivity index (χ0) is 13.2. The molecule has 2 unspecified atom stereocenters. The van der Waals surface area contributed by atoms with Crippen molar-refractivity contribution in [3.05, 3.63) is 24.2 Å². The molecule has 1 aromatic rings. The molecule has 1 N–H and O–H groups in total. The van der Waals surface area contributed by atoms with Gasteiger partial charge in [-0.05, 0) is 50.3 Å². The summed E-state index contributed by atoms with van der Waals surface area (Å²) in [7, 11) is 0. The summed E-state index contributed by atoms with van der Waals surface area (Å²) in [4.78, 5) is 2.70. The van der Waals surface area contributed by atoms with Gasteiger partial charge in [-0.1, -0.05) is 13.8 Å². The molecule has 2 atom stereocenters. The zero-order valence-corrected chi connectivity index (χ0v) is 12.1.